The molecule has 1 heterocycles. The van der Waals surface area contributed by atoms with Crippen molar-refractivity contribution in [2.24, 2.45) is 0 Å². The third-order valence-electron chi connectivity index (χ3n) is 3.53. The van der Waals surface area contributed by atoms with Crippen molar-refractivity contribution >= 4 is 29.7 Å². The Kier molecular flexibility index (Phi) is 8.33. The fourth-order valence-electron chi connectivity index (χ4n) is 2.21. The van der Waals surface area contributed by atoms with E-state index < -0.39 is 42.8 Å². The van der Waals surface area contributed by atoms with Crippen LogP contribution in [0.15, 0.2) is 0 Å². The zero-order valence-electron chi connectivity index (χ0n) is 13.5. The number of hydrogen-bond donors (Lipinski definition) is 6. The van der Waals surface area contributed by atoms with Crippen molar-refractivity contribution in [1.82, 2.24) is 21.3 Å². The molecule has 0 bridgehead atoms. The quantitative estimate of drug-likeness (QED) is 0.246. The Morgan fingerprint density at radius 2 is 1.72 bits per heavy atom. The Morgan fingerprint density at radius 1 is 1.04 bits per heavy atom. The van der Waals surface area contributed by atoms with Crippen LogP contribution in [0, 0.1) is 0 Å². The van der Waals surface area contributed by atoms with Crippen molar-refractivity contribution in [1.29, 1.82) is 0 Å². The topological polar surface area (TPSA) is 174 Å². The first-order valence-corrected chi connectivity index (χ1v) is 7.81. The summed E-state index contributed by atoms with van der Waals surface area (Å²) in [6.07, 6.45) is 0.902. The number of hydrogen-bond acceptors (Lipinski definition) is 6. The van der Waals surface area contributed by atoms with Crippen LogP contribution in [0.5, 0.6) is 0 Å². The molecule has 0 radical (unpaired) electrons. The predicted octanol–water partition coefficient (Wildman–Crippen LogP) is -2.59. The second-order valence-electron chi connectivity index (χ2n) is 5.53. The summed E-state index contributed by atoms with van der Waals surface area (Å²) < 4.78 is 0. The first kappa shape index (κ1) is 20.4. The lowest BCUT2D eigenvalue weighted by Crippen LogP contribution is -2.48. The lowest BCUT2D eigenvalue weighted by molar-refractivity contribution is -0.143. The SMILES string of the molecule is O=C(O)CCC(NC(=O)CNC(=O)CNC(=O)C1CCCN1)C(=O)O. The van der Waals surface area contributed by atoms with E-state index in [-0.39, 0.29) is 24.9 Å². The first-order valence-electron chi connectivity index (χ1n) is 7.81. The summed E-state index contributed by atoms with van der Waals surface area (Å²) in [5.41, 5.74) is 0. The maximum absolute atomic E-state index is 11.7. The van der Waals surface area contributed by atoms with Crippen LogP contribution in [0.4, 0.5) is 0 Å². The van der Waals surface area contributed by atoms with E-state index in [1.54, 1.807) is 0 Å². The van der Waals surface area contributed by atoms with Crippen LogP contribution >= 0.6 is 0 Å². The Hall–Kier alpha value is -2.69. The van der Waals surface area contributed by atoms with Gasteiger partial charge in [0.25, 0.3) is 0 Å². The normalized spacial score (nSPS) is 17.4. The van der Waals surface area contributed by atoms with E-state index in [0.717, 1.165) is 13.0 Å². The predicted molar refractivity (Wildman–Crippen MR) is 83.5 cm³/mol. The average Bonchev–Trinajstić information content (AvgIpc) is 3.08. The number of carbonyl (C=O) groups excluding carboxylic acids is 3. The van der Waals surface area contributed by atoms with Crippen LogP contribution in [0.1, 0.15) is 25.7 Å². The Balaban J connectivity index is 2.26. The molecule has 25 heavy (non-hydrogen) atoms. The van der Waals surface area contributed by atoms with E-state index in [0.29, 0.717) is 6.42 Å². The highest BCUT2D eigenvalue weighted by molar-refractivity contribution is 5.90. The van der Waals surface area contributed by atoms with Gasteiger partial charge >= 0.3 is 11.9 Å². The molecular formula is C14H22N4O7. The molecule has 0 aromatic carbocycles. The zero-order chi connectivity index (χ0) is 18.8. The number of carbonyl (C=O) groups is 5. The van der Waals surface area contributed by atoms with Gasteiger partial charge in [0.1, 0.15) is 6.04 Å². The first-order chi connectivity index (χ1) is 11.8. The third-order valence-corrected chi connectivity index (χ3v) is 3.53. The van der Waals surface area contributed by atoms with Crippen LogP contribution in [-0.2, 0) is 24.0 Å². The lowest BCUT2D eigenvalue weighted by Gasteiger charge is -2.14. The van der Waals surface area contributed by atoms with Crippen molar-refractivity contribution < 1.29 is 34.2 Å². The summed E-state index contributed by atoms with van der Waals surface area (Å²) in [5, 5.41) is 27.2. The summed E-state index contributed by atoms with van der Waals surface area (Å²) in [7, 11) is 0. The molecule has 0 aromatic heterocycles. The third kappa shape index (κ3) is 8.11. The number of rotatable bonds is 10. The summed E-state index contributed by atoms with van der Waals surface area (Å²) in [5.74, 6) is -4.20. The molecule has 1 fully saturated rings. The fraction of sp³-hybridized carbons (Fsp3) is 0.643. The number of carboxylic acids is 2. The number of nitrogens with one attached hydrogen (secondary N) is 4. The van der Waals surface area contributed by atoms with Crippen LogP contribution in [0.25, 0.3) is 0 Å². The van der Waals surface area contributed by atoms with Gasteiger partial charge in [0, 0.05) is 6.42 Å². The second kappa shape index (κ2) is 10.2. The molecular weight excluding hydrogens is 336 g/mol. The van der Waals surface area contributed by atoms with Crippen LogP contribution < -0.4 is 21.3 Å². The van der Waals surface area contributed by atoms with Crippen molar-refractivity contribution in [3.8, 4) is 0 Å². The molecule has 0 spiro atoms. The Morgan fingerprint density at radius 3 is 2.28 bits per heavy atom. The molecule has 1 rings (SSSR count). The van der Waals surface area contributed by atoms with Gasteiger partial charge in [0.15, 0.2) is 0 Å². The number of amides is 3. The van der Waals surface area contributed by atoms with Gasteiger partial charge in [-0.15, -0.1) is 0 Å². The van der Waals surface area contributed by atoms with Crippen molar-refractivity contribution in [2.45, 2.75) is 37.8 Å². The highest BCUT2D eigenvalue weighted by Gasteiger charge is 2.23. The Bertz CT molecular complexity index is 531. The Labute approximate surface area is 143 Å². The average molecular weight is 358 g/mol. The smallest absolute Gasteiger partial charge is 0.326 e. The largest absolute Gasteiger partial charge is 0.481 e. The number of aliphatic carboxylic acids is 2. The van der Waals surface area contributed by atoms with Gasteiger partial charge in [-0.3, -0.25) is 19.2 Å². The van der Waals surface area contributed by atoms with Crippen LogP contribution in [0.2, 0.25) is 0 Å². The van der Waals surface area contributed by atoms with Crippen LogP contribution in [0.3, 0.4) is 0 Å². The minimum absolute atomic E-state index is 0.269. The molecule has 0 saturated carbocycles. The highest BCUT2D eigenvalue weighted by Crippen LogP contribution is 2.04. The minimum Gasteiger partial charge on any atom is -0.481 e. The van der Waals surface area contributed by atoms with E-state index in [1.807, 2.05) is 0 Å². The van der Waals surface area contributed by atoms with Gasteiger partial charge in [0.05, 0.1) is 19.1 Å². The zero-order valence-corrected chi connectivity index (χ0v) is 13.5. The minimum atomic E-state index is -1.36. The molecule has 11 nitrogen and oxygen atoms in total. The number of carboxylic acid groups (broad SMARTS) is 2. The van der Waals surface area contributed by atoms with Crippen molar-refractivity contribution in [3.63, 3.8) is 0 Å². The summed E-state index contributed by atoms with van der Waals surface area (Å²) >= 11 is 0. The van der Waals surface area contributed by atoms with E-state index in [9.17, 15) is 24.0 Å². The monoisotopic (exact) mass is 358 g/mol. The highest BCUT2D eigenvalue weighted by atomic mass is 16.4. The van der Waals surface area contributed by atoms with E-state index in [1.165, 1.54) is 0 Å². The molecule has 1 aliphatic rings. The molecule has 0 aromatic rings. The molecule has 2 atom stereocenters. The molecule has 3 amide bonds. The summed E-state index contributed by atoms with van der Waals surface area (Å²) in [4.78, 5) is 56.3. The van der Waals surface area contributed by atoms with Gasteiger partial charge in [-0.2, -0.15) is 0 Å². The maximum atomic E-state index is 11.7. The van der Waals surface area contributed by atoms with Gasteiger partial charge < -0.3 is 31.5 Å². The lowest BCUT2D eigenvalue weighted by atomic mass is 10.1. The standard InChI is InChI=1S/C14H22N4O7/c19-10(6-17-13(23)8-2-1-5-15-8)16-7-11(20)18-9(14(24)25)3-4-12(21)22/h8-9,15H,1-7H2,(H,16,19)(H,17,23)(H,18,20)(H,21,22)(H,24,25). The van der Waals surface area contributed by atoms with Gasteiger partial charge in [-0.1, -0.05) is 0 Å². The summed E-state index contributed by atoms with van der Waals surface area (Å²) in [6, 6.07) is -1.67. The summed E-state index contributed by atoms with van der Waals surface area (Å²) in [6.45, 7) is -0.0318. The van der Waals surface area contributed by atoms with Gasteiger partial charge in [0.2, 0.25) is 17.7 Å². The maximum Gasteiger partial charge on any atom is 0.326 e. The van der Waals surface area contributed by atoms with Crippen LogP contribution in [-0.4, -0.2) is 71.6 Å². The fourth-order valence-corrected chi connectivity index (χ4v) is 2.21. The molecule has 11 heteroatoms. The van der Waals surface area contributed by atoms with E-state index in [4.69, 9.17) is 10.2 Å². The van der Waals surface area contributed by atoms with Gasteiger partial charge in [-0.05, 0) is 25.8 Å². The van der Waals surface area contributed by atoms with E-state index in [2.05, 4.69) is 21.3 Å². The van der Waals surface area contributed by atoms with Crippen molar-refractivity contribution in [3.05, 3.63) is 0 Å². The second-order valence-corrected chi connectivity index (χ2v) is 5.53. The molecule has 2 unspecified atom stereocenters. The molecule has 6 N–H and O–H groups in total. The van der Waals surface area contributed by atoms with E-state index >= 15 is 0 Å². The molecule has 1 saturated heterocycles. The molecule has 1 aliphatic heterocycles. The van der Waals surface area contributed by atoms with Crippen molar-refractivity contribution in [2.75, 3.05) is 19.6 Å². The molecule has 140 valence electrons. The van der Waals surface area contributed by atoms with Gasteiger partial charge in [-0.25, -0.2) is 4.79 Å². The molecule has 0 aliphatic carbocycles.